The van der Waals surface area contributed by atoms with E-state index in [9.17, 15) is 13.2 Å². The van der Waals surface area contributed by atoms with Crippen LogP contribution in [0.3, 0.4) is 0 Å². The fourth-order valence-corrected chi connectivity index (χ4v) is 3.83. The molecule has 0 saturated heterocycles. The van der Waals surface area contributed by atoms with E-state index in [-0.39, 0.29) is 17.5 Å². The van der Waals surface area contributed by atoms with Crippen LogP contribution in [-0.4, -0.2) is 28.1 Å². The van der Waals surface area contributed by atoms with Crippen LogP contribution in [0.15, 0.2) is 48.8 Å². The molecule has 0 amide bonds. The van der Waals surface area contributed by atoms with Crippen LogP contribution in [0, 0.1) is 0 Å². The van der Waals surface area contributed by atoms with Gasteiger partial charge in [0.1, 0.15) is 11.6 Å². The lowest BCUT2D eigenvalue weighted by Crippen LogP contribution is -2.23. The maximum absolute atomic E-state index is 13.4. The zero-order valence-corrected chi connectivity index (χ0v) is 17.6. The lowest BCUT2D eigenvalue weighted by atomic mass is 9.96. The third-order valence-electron chi connectivity index (χ3n) is 5.42. The third-order valence-corrected chi connectivity index (χ3v) is 5.42. The van der Waals surface area contributed by atoms with Crippen LogP contribution in [-0.2, 0) is 6.18 Å². The molecule has 4 rings (SSSR count). The second kappa shape index (κ2) is 9.42. The molecule has 0 radical (unpaired) electrons. The van der Waals surface area contributed by atoms with Crippen molar-refractivity contribution in [1.82, 2.24) is 15.0 Å². The maximum atomic E-state index is 13.4. The second-order valence-corrected chi connectivity index (χ2v) is 7.72. The zero-order valence-electron chi connectivity index (χ0n) is 17.6. The van der Waals surface area contributed by atoms with Gasteiger partial charge in [0, 0.05) is 35.8 Å². The number of methoxy groups -OCH3 is 1. The van der Waals surface area contributed by atoms with Crippen molar-refractivity contribution in [2.24, 2.45) is 0 Å². The number of nitrogens with zero attached hydrogens (tertiary/aromatic N) is 3. The van der Waals surface area contributed by atoms with E-state index in [1.54, 1.807) is 18.5 Å². The minimum absolute atomic E-state index is 0.233. The van der Waals surface area contributed by atoms with E-state index in [0.29, 0.717) is 17.5 Å². The summed E-state index contributed by atoms with van der Waals surface area (Å²) in [5.74, 6) is 0.601. The van der Waals surface area contributed by atoms with Gasteiger partial charge in [0.25, 0.3) is 0 Å². The molecule has 2 aromatic heterocycles. The molecule has 2 heterocycles. The van der Waals surface area contributed by atoms with Crippen molar-refractivity contribution < 1.29 is 17.9 Å². The number of hydrogen-bond donors (Lipinski definition) is 2. The van der Waals surface area contributed by atoms with Crippen molar-refractivity contribution in [3.05, 3.63) is 54.4 Å². The van der Waals surface area contributed by atoms with Gasteiger partial charge in [0.15, 0.2) is 0 Å². The molecule has 3 aromatic rings. The van der Waals surface area contributed by atoms with Crippen molar-refractivity contribution in [2.75, 3.05) is 17.7 Å². The summed E-state index contributed by atoms with van der Waals surface area (Å²) in [5.41, 5.74) is 0.880. The summed E-state index contributed by atoms with van der Waals surface area (Å²) in [5, 5.41) is 6.39. The molecular weight excluding hydrogens is 419 g/mol. The number of pyridine rings is 1. The number of aromatic nitrogens is 3. The summed E-state index contributed by atoms with van der Waals surface area (Å²) in [6, 6.07) is 9.47. The number of nitrogens with one attached hydrogen (secondary N) is 2. The lowest BCUT2D eigenvalue weighted by Gasteiger charge is -2.23. The predicted octanol–water partition coefficient (Wildman–Crippen LogP) is 6.05. The molecule has 1 saturated carbocycles. The Morgan fingerprint density at radius 2 is 1.72 bits per heavy atom. The number of halogens is 3. The molecule has 6 nitrogen and oxygen atoms in total. The molecule has 168 valence electrons. The van der Waals surface area contributed by atoms with E-state index >= 15 is 0 Å². The molecule has 1 fully saturated rings. The number of benzene rings is 1. The maximum Gasteiger partial charge on any atom is 0.420 e. The quantitative estimate of drug-likeness (QED) is 0.483. The molecule has 9 heteroatoms. The molecule has 0 unspecified atom stereocenters. The Morgan fingerprint density at radius 3 is 2.41 bits per heavy atom. The van der Waals surface area contributed by atoms with Crippen molar-refractivity contribution in [1.29, 1.82) is 0 Å². The molecule has 0 atom stereocenters. The second-order valence-electron chi connectivity index (χ2n) is 7.72. The summed E-state index contributed by atoms with van der Waals surface area (Å²) in [7, 11) is 1.21. The molecule has 1 aliphatic rings. The van der Waals surface area contributed by atoms with Crippen molar-refractivity contribution in [3.63, 3.8) is 0 Å². The van der Waals surface area contributed by atoms with Gasteiger partial charge in [-0.25, -0.2) is 4.98 Å². The molecule has 2 N–H and O–H groups in total. The van der Waals surface area contributed by atoms with E-state index < -0.39 is 11.7 Å². The van der Waals surface area contributed by atoms with Gasteiger partial charge in [-0.2, -0.15) is 18.2 Å². The Kier molecular flexibility index (Phi) is 6.43. The summed E-state index contributed by atoms with van der Waals surface area (Å²) in [6.45, 7) is 0. The van der Waals surface area contributed by atoms with Crippen LogP contribution >= 0.6 is 0 Å². The van der Waals surface area contributed by atoms with E-state index in [1.807, 2.05) is 12.1 Å². The third kappa shape index (κ3) is 5.27. The molecule has 1 aliphatic carbocycles. The van der Waals surface area contributed by atoms with Gasteiger partial charge in [0.05, 0.1) is 18.4 Å². The number of ether oxygens (including phenoxy) is 1. The Bertz CT molecular complexity index is 1050. The van der Waals surface area contributed by atoms with Crippen LogP contribution in [0.1, 0.15) is 37.7 Å². The minimum Gasteiger partial charge on any atom is -0.496 e. The number of rotatable bonds is 6. The van der Waals surface area contributed by atoms with Gasteiger partial charge in [-0.15, -0.1) is 0 Å². The van der Waals surface area contributed by atoms with Crippen LogP contribution < -0.4 is 15.4 Å². The first-order chi connectivity index (χ1) is 15.4. The summed E-state index contributed by atoms with van der Waals surface area (Å²) >= 11 is 0. The molecule has 0 spiro atoms. The average Bonchev–Trinajstić information content (AvgIpc) is 2.79. The standard InChI is InChI=1S/C23H24F3N5O/c1-32-20-8-7-17(13-18(20)23(24,25)26)28-21-14-19(15-9-11-27-12-10-15)30-22(31-21)29-16-5-3-2-4-6-16/h7-14,16H,2-6H2,1H3,(H2,28,29,30,31). The van der Waals surface area contributed by atoms with Gasteiger partial charge in [-0.1, -0.05) is 19.3 Å². The van der Waals surface area contributed by atoms with Crippen molar-refractivity contribution in [2.45, 2.75) is 44.3 Å². The highest BCUT2D eigenvalue weighted by molar-refractivity contribution is 5.68. The van der Waals surface area contributed by atoms with Gasteiger partial charge >= 0.3 is 6.18 Å². The van der Waals surface area contributed by atoms with E-state index in [0.717, 1.165) is 37.3 Å². The van der Waals surface area contributed by atoms with Crippen LogP contribution in [0.25, 0.3) is 11.3 Å². The number of hydrogen-bond acceptors (Lipinski definition) is 6. The number of alkyl halides is 3. The highest BCUT2D eigenvalue weighted by atomic mass is 19.4. The van der Waals surface area contributed by atoms with Crippen LogP contribution in [0.4, 0.5) is 30.6 Å². The van der Waals surface area contributed by atoms with Crippen molar-refractivity contribution in [3.8, 4) is 17.0 Å². The first kappa shape index (κ1) is 21.9. The Morgan fingerprint density at radius 1 is 0.969 bits per heavy atom. The van der Waals surface area contributed by atoms with Gasteiger partial charge < -0.3 is 15.4 Å². The monoisotopic (exact) mass is 443 g/mol. The summed E-state index contributed by atoms with van der Waals surface area (Å²) < 4.78 is 45.1. The van der Waals surface area contributed by atoms with Gasteiger partial charge in [0.2, 0.25) is 5.95 Å². The zero-order chi connectivity index (χ0) is 22.6. The van der Waals surface area contributed by atoms with E-state index in [4.69, 9.17) is 4.74 Å². The van der Waals surface area contributed by atoms with E-state index in [1.165, 1.54) is 25.7 Å². The Labute approximate surface area is 184 Å². The van der Waals surface area contributed by atoms with Crippen LogP contribution in [0.2, 0.25) is 0 Å². The largest absolute Gasteiger partial charge is 0.496 e. The summed E-state index contributed by atoms with van der Waals surface area (Å²) in [4.78, 5) is 13.2. The molecular formula is C23H24F3N5O. The van der Waals surface area contributed by atoms with E-state index in [2.05, 4.69) is 25.6 Å². The fourth-order valence-electron chi connectivity index (χ4n) is 3.83. The van der Waals surface area contributed by atoms with Gasteiger partial charge in [-0.3, -0.25) is 4.98 Å². The highest BCUT2D eigenvalue weighted by Crippen LogP contribution is 2.38. The molecule has 1 aromatic carbocycles. The molecule has 0 aliphatic heterocycles. The minimum atomic E-state index is -4.54. The summed E-state index contributed by atoms with van der Waals surface area (Å²) in [6.07, 6.45) is 4.40. The smallest absolute Gasteiger partial charge is 0.420 e. The van der Waals surface area contributed by atoms with Crippen LogP contribution in [0.5, 0.6) is 5.75 Å². The fraction of sp³-hybridized carbons (Fsp3) is 0.348. The van der Waals surface area contributed by atoms with Gasteiger partial charge in [-0.05, 0) is 43.2 Å². The first-order valence-corrected chi connectivity index (χ1v) is 10.5. The Balaban J connectivity index is 1.67. The normalized spacial score (nSPS) is 14.8. The van der Waals surface area contributed by atoms with Crippen molar-refractivity contribution >= 4 is 17.5 Å². The lowest BCUT2D eigenvalue weighted by molar-refractivity contribution is -0.138. The number of anilines is 3. The average molecular weight is 443 g/mol. The molecule has 32 heavy (non-hydrogen) atoms. The highest BCUT2D eigenvalue weighted by Gasteiger charge is 2.34. The Hall–Kier alpha value is -3.36. The topological polar surface area (TPSA) is 72.0 Å². The predicted molar refractivity (Wildman–Crippen MR) is 117 cm³/mol. The SMILES string of the molecule is COc1ccc(Nc2cc(-c3ccncc3)nc(NC3CCCCC3)n2)cc1C(F)(F)F. The first-order valence-electron chi connectivity index (χ1n) is 10.5. The molecule has 0 bridgehead atoms.